The summed E-state index contributed by atoms with van der Waals surface area (Å²) in [7, 11) is 0. The van der Waals surface area contributed by atoms with Crippen LogP contribution in [-0.2, 0) is 4.74 Å². The normalized spacial score (nSPS) is 13.4. The zero-order valence-electron chi connectivity index (χ0n) is 12.0. The molecule has 0 aliphatic carbocycles. The number of benzene rings is 1. The van der Waals surface area contributed by atoms with Crippen LogP contribution in [0.4, 0.5) is 0 Å². The maximum absolute atomic E-state index is 9.67. The van der Waals surface area contributed by atoms with Gasteiger partial charge in [-0.05, 0) is 46.2 Å². The van der Waals surface area contributed by atoms with Crippen LogP contribution in [0.1, 0.15) is 44.9 Å². The minimum atomic E-state index is -0.524. The smallest absolute Gasteiger partial charge is 0.125 e. The molecule has 0 amide bonds. The summed E-state index contributed by atoms with van der Waals surface area (Å²) in [6.07, 6.45) is -0.524. The topological polar surface area (TPSA) is 38.7 Å². The monoisotopic (exact) mass is 252 g/mol. The molecule has 1 unspecified atom stereocenters. The number of ether oxygens (including phenoxy) is 2. The molecule has 1 rings (SSSR count). The maximum Gasteiger partial charge on any atom is 0.125 e. The van der Waals surface area contributed by atoms with E-state index in [4.69, 9.17) is 9.47 Å². The van der Waals surface area contributed by atoms with Crippen LogP contribution in [0, 0.1) is 6.92 Å². The Bertz CT molecular complexity index is 378. The van der Waals surface area contributed by atoms with Gasteiger partial charge in [0, 0.05) is 5.56 Å². The summed E-state index contributed by atoms with van der Waals surface area (Å²) in [6, 6.07) is 5.82. The summed E-state index contributed by atoms with van der Waals surface area (Å²) in [5, 5.41) is 9.67. The standard InChI is InChI=1S/C15H24O3/c1-11-6-7-13(12(2)16)14(10-11)17-8-9-18-15(3,4)5/h6-7,10,12,16H,8-9H2,1-5H3. The Kier molecular flexibility index (Phi) is 5.17. The van der Waals surface area contributed by atoms with Crippen LogP contribution in [-0.4, -0.2) is 23.9 Å². The summed E-state index contributed by atoms with van der Waals surface area (Å²) >= 11 is 0. The van der Waals surface area contributed by atoms with Gasteiger partial charge in [-0.25, -0.2) is 0 Å². The molecule has 0 aliphatic rings. The van der Waals surface area contributed by atoms with Crippen LogP contribution in [0.2, 0.25) is 0 Å². The Hall–Kier alpha value is -1.06. The summed E-state index contributed by atoms with van der Waals surface area (Å²) in [4.78, 5) is 0. The quantitative estimate of drug-likeness (QED) is 0.818. The molecule has 0 fully saturated rings. The molecule has 0 radical (unpaired) electrons. The SMILES string of the molecule is Cc1ccc(C(C)O)c(OCCOC(C)(C)C)c1. The number of aliphatic hydroxyl groups excluding tert-OH is 1. The molecule has 102 valence electrons. The first-order valence-electron chi connectivity index (χ1n) is 6.35. The third-order valence-corrected chi connectivity index (χ3v) is 2.50. The van der Waals surface area contributed by atoms with Crippen molar-refractivity contribution in [1.29, 1.82) is 0 Å². The molecule has 0 spiro atoms. The summed E-state index contributed by atoms with van der Waals surface area (Å²) < 4.78 is 11.3. The number of aryl methyl sites for hydroxylation is 1. The molecule has 0 aromatic heterocycles. The summed E-state index contributed by atoms with van der Waals surface area (Å²) in [5.74, 6) is 0.738. The van der Waals surface area contributed by atoms with E-state index >= 15 is 0 Å². The second-order valence-electron chi connectivity index (χ2n) is 5.53. The number of rotatable bonds is 5. The van der Waals surface area contributed by atoms with Gasteiger partial charge in [-0.3, -0.25) is 0 Å². The molecule has 0 saturated heterocycles. The van der Waals surface area contributed by atoms with E-state index in [2.05, 4.69) is 0 Å². The molecule has 1 aromatic carbocycles. The van der Waals surface area contributed by atoms with Gasteiger partial charge in [0.15, 0.2) is 0 Å². The molecular formula is C15H24O3. The largest absolute Gasteiger partial charge is 0.491 e. The minimum absolute atomic E-state index is 0.150. The molecule has 1 atom stereocenters. The predicted octanol–water partition coefficient (Wildman–Crippen LogP) is 3.24. The molecule has 0 bridgehead atoms. The van der Waals surface area contributed by atoms with E-state index in [1.54, 1.807) is 6.92 Å². The second kappa shape index (κ2) is 6.21. The first-order chi connectivity index (χ1) is 8.29. The van der Waals surface area contributed by atoms with Gasteiger partial charge in [0.25, 0.3) is 0 Å². The Morgan fingerprint density at radius 1 is 1.22 bits per heavy atom. The fourth-order valence-electron chi connectivity index (χ4n) is 1.61. The zero-order valence-corrected chi connectivity index (χ0v) is 12.0. The predicted molar refractivity (Wildman–Crippen MR) is 73.0 cm³/mol. The zero-order chi connectivity index (χ0) is 13.8. The first-order valence-corrected chi connectivity index (χ1v) is 6.35. The highest BCUT2D eigenvalue weighted by Gasteiger charge is 2.11. The van der Waals surface area contributed by atoms with Crippen LogP contribution < -0.4 is 4.74 Å². The van der Waals surface area contributed by atoms with Crippen LogP contribution >= 0.6 is 0 Å². The molecule has 18 heavy (non-hydrogen) atoms. The van der Waals surface area contributed by atoms with Gasteiger partial charge in [-0.1, -0.05) is 12.1 Å². The van der Waals surface area contributed by atoms with Gasteiger partial charge >= 0.3 is 0 Å². The van der Waals surface area contributed by atoms with Gasteiger partial charge in [-0.15, -0.1) is 0 Å². The van der Waals surface area contributed by atoms with E-state index in [0.717, 1.165) is 16.9 Å². The molecule has 3 nitrogen and oxygen atoms in total. The highest BCUT2D eigenvalue weighted by atomic mass is 16.5. The van der Waals surface area contributed by atoms with Gasteiger partial charge in [0.1, 0.15) is 12.4 Å². The third-order valence-electron chi connectivity index (χ3n) is 2.50. The molecule has 0 heterocycles. The molecule has 1 aromatic rings. The summed E-state index contributed by atoms with van der Waals surface area (Å²) in [6.45, 7) is 10.8. The van der Waals surface area contributed by atoms with E-state index in [1.807, 2.05) is 45.9 Å². The van der Waals surface area contributed by atoms with Gasteiger partial charge in [0.05, 0.1) is 18.3 Å². The average Bonchev–Trinajstić information content (AvgIpc) is 2.22. The van der Waals surface area contributed by atoms with E-state index in [9.17, 15) is 5.11 Å². The lowest BCUT2D eigenvalue weighted by Gasteiger charge is -2.20. The Balaban J connectivity index is 2.58. The van der Waals surface area contributed by atoms with E-state index in [1.165, 1.54) is 0 Å². The van der Waals surface area contributed by atoms with Crippen LogP contribution in [0.5, 0.6) is 5.75 Å². The van der Waals surface area contributed by atoms with E-state index in [-0.39, 0.29) is 5.60 Å². The van der Waals surface area contributed by atoms with Crippen molar-refractivity contribution in [2.45, 2.75) is 46.3 Å². The molecule has 0 saturated carbocycles. The average molecular weight is 252 g/mol. The minimum Gasteiger partial charge on any atom is -0.491 e. The lowest BCUT2D eigenvalue weighted by molar-refractivity contribution is -0.0166. The van der Waals surface area contributed by atoms with Gasteiger partial charge in [-0.2, -0.15) is 0 Å². The highest BCUT2D eigenvalue weighted by molar-refractivity contribution is 5.38. The number of aliphatic hydroxyl groups is 1. The van der Waals surface area contributed by atoms with Crippen molar-refractivity contribution in [3.63, 3.8) is 0 Å². The lowest BCUT2D eigenvalue weighted by Crippen LogP contribution is -2.22. The van der Waals surface area contributed by atoms with Crippen LogP contribution in [0.25, 0.3) is 0 Å². The number of hydrogen-bond donors (Lipinski definition) is 1. The molecule has 0 aliphatic heterocycles. The van der Waals surface area contributed by atoms with Crippen molar-refractivity contribution in [1.82, 2.24) is 0 Å². The van der Waals surface area contributed by atoms with Crippen molar-refractivity contribution >= 4 is 0 Å². The van der Waals surface area contributed by atoms with Crippen molar-refractivity contribution in [3.8, 4) is 5.75 Å². The molecule has 3 heteroatoms. The van der Waals surface area contributed by atoms with E-state index in [0.29, 0.717) is 13.2 Å². The van der Waals surface area contributed by atoms with Crippen molar-refractivity contribution in [2.75, 3.05) is 13.2 Å². The number of hydrogen-bond acceptors (Lipinski definition) is 3. The lowest BCUT2D eigenvalue weighted by atomic mass is 10.1. The third kappa shape index (κ3) is 5.07. The first kappa shape index (κ1) is 15.0. The summed E-state index contributed by atoms with van der Waals surface area (Å²) in [5.41, 5.74) is 1.78. The Morgan fingerprint density at radius 2 is 1.89 bits per heavy atom. The Morgan fingerprint density at radius 3 is 2.44 bits per heavy atom. The van der Waals surface area contributed by atoms with Crippen molar-refractivity contribution < 1.29 is 14.6 Å². The van der Waals surface area contributed by atoms with E-state index < -0.39 is 6.10 Å². The van der Waals surface area contributed by atoms with Gasteiger partial charge in [0.2, 0.25) is 0 Å². The Labute approximate surface area is 110 Å². The fourth-order valence-corrected chi connectivity index (χ4v) is 1.61. The van der Waals surface area contributed by atoms with Gasteiger partial charge < -0.3 is 14.6 Å². The van der Waals surface area contributed by atoms with Crippen molar-refractivity contribution in [2.24, 2.45) is 0 Å². The van der Waals surface area contributed by atoms with Crippen LogP contribution in [0.3, 0.4) is 0 Å². The van der Waals surface area contributed by atoms with Crippen LogP contribution in [0.15, 0.2) is 18.2 Å². The highest BCUT2D eigenvalue weighted by Crippen LogP contribution is 2.26. The van der Waals surface area contributed by atoms with Crippen molar-refractivity contribution in [3.05, 3.63) is 29.3 Å². The fraction of sp³-hybridized carbons (Fsp3) is 0.600. The maximum atomic E-state index is 9.67. The molecule has 1 N–H and O–H groups in total. The second-order valence-corrected chi connectivity index (χ2v) is 5.53. The molecular weight excluding hydrogens is 228 g/mol.